The number of hydrogen-bond acceptors (Lipinski definition) is 2. The Morgan fingerprint density at radius 1 is 1.24 bits per heavy atom. The van der Waals surface area contributed by atoms with Crippen LogP contribution < -0.4 is 5.32 Å². The summed E-state index contributed by atoms with van der Waals surface area (Å²) in [6, 6.07) is 0.835. The van der Waals surface area contributed by atoms with Gasteiger partial charge in [0.05, 0.1) is 0 Å². The van der Waals surface area contributed by atoms with Crippen molar-refractivity contribution in [3.63, 3.8) is 0 Å². The van der Waals surface area contributed by atoms with Crippen molar-refractivity contribution in [1.82, 2.24) is 10.2 Å². The van der Waals surface area contributed by atoms with E-state index in [0.717, 1.165) is 19.4 Å². The molecule has 1 rings (SSSR count). The molecular weight excluding hydrogens is 212 g/mol. The maximum absolute atomic E-state index is 12.2. The van der Waals surface area contributed by atoms with Crippen LogP contribution >= 0.6 is 0 Å². The molecule has 0 saturated carbocycles. The number of likely N-dealkylation sites (tertiary alicyclic amines) is 1. The van der Waals surface area contributed by atoms with Crippen molar-refractivity contribution in [1.29, 1.82) is 0 Å². The van der Waals surface area contributed by atoms with E-state index in [1.54, 1.807) is 0 Å². The lowest BCUT2D eigenvalue weighted by Gasteiger charge is -2.39. The van der Waals surface area contributed by atoms with Crippen LogP contribution in [-0.4, -0.2) is 35.0 Å². The van der Waals surface area contributed by atoms with Gasteiger partial charge in [0.1, 0.15) is 0 Å². The minimum atomic E-state index is 0.0966. The van der Waals surface area contributed by atoms with Gasteiger partial charge in [-0.15, -0.1) is 0 Å². The second-order valence-corrected chi connectivity index (χ2v) is 6.36. The molecule has 1 fully saturated rings. The van der Waals surface area contributed by atoms with Crippen molar-refractivity contribution in [3.05, 3.63) is 0 Å². The molecule has 17 heavy (non-hydrogen) atoms. The first kappa shape index (κ1) is 14.5. The Labute approximate surface area is 106 Å². The van der Waals surface area contributed by atoms with Crippen LogP contribution in [0, 0.1) is 0 Å². The quantitative estimate of drug-likeness (QED) is 0.822. The largest absolute Gasteiger partial charge is 0.337 e. The minimum Gasteiger partial charge on any atom is -0.337 e. The average Bonchev–Trinajstić information content (AvgIpc) is 2.15. The summed E-state index contributed by atoms with van der Waals surface area (Å²) in [6.45, 7) is 11.5. The van der Waals surface area contributed by atoms with Gasteiger partial charge >= 0.3 is 0 Å². The number of nitrogens with zero attached hydrogens (tertiary/aromatic N) is 1. The first-order valence-corrected chi connectivity index (χ1v) is 6.87. The molecule has 1 aliphatic heterocycles. The van der Waals surface area contributed by atoms with Gasteiger partial charge in [-0.05, 0) is 53.9 Å². The third kappa shape index (κ3) is 4.66. The summed E-state index contributed by atoms with van der Waals surface area (Å²) in [5.74, 6) is 0.307. The highest BCUT2D eigenvalue weighted by Crippen LogP contribution is 2.23. The fourth-order valence-corrected chi connectivity index (χ4v) is 2.59. The Hall–Kier alpha value is -0.570. The van der Waals surface area contributed by atoms with E-state index >= 15 is 0 Å². The van der Waals surface area contributed by atoms with Crippen LogP contribution in [0.3, 0.4) is 0 Å². The maximum atomic E-state index is 12.2. The van der Waals surface area contributed by atoms with E-state index in [1.807, 2.05) is 0 Å². The summed E-state index contributed by atoms with van der Waals surface area (Å²) in [4.78, 5) is 14.3. The van der Waals surface area contributed by atoms with Crippen LogP contribution in [0.1, 0.15) is 60.3 Å². The predicted octanol–water partition coefficient (Wildman–Crippen LogP) is 2.55. The number of hydrogen-bond donors (Lipinski definition) is 1. The summed E-state index contributed by atoms with van der Waals surface area (Å²) < 4.78 is 0. The van der Waals surface area contributed by atoms with Gasteiger partial charge in [-0.2, -0.15) is 0 Å². The van der Waals surface area contributed by atoms with Gasteiger partial charge in [0.25, 0.3) is 0 Å². The van der Waals surface area contributed by atoms with Gasteiger partial charge in [0.15, 0.2) is 0 Å². The van der Waals surface area contributed by atoms with E-state index in [0.29, 0.717) is 24.4 Å². The Balaban J connectivity index is 2.40. The van der Waals surface area contributed by atoms with Gasteiger partial charge < -0.3 is 10.2 Å². The standard InChI is InChI=1S/C14H28N2O/c1-11-7-6-8-12(2)16(11)13(17)9-10-15-14(3,4)5/h11-12,15H,6-10H2,1-5H3/t11-,12+. The molecule has 100 valence electrons. The predicted molar refractivity (Wildman–Crippen MR) is 72.0 cm³/mol. The Kier molecular flexibility index (Phi) is 4.99. The lowest BCUT2D eigenvalue weighted by Crippen LogP contribution is -2.48. The molecule has 0 unspecified atom stereocenters. The highest BCUT2D eigenvalue weighted by atomic mass is 16.2. The highest BCUT2D eigenvalue weighted by molar-refractivity contribution is 5.77. The van der Waals surface area contributed by atoms with E-state index in [2.05, 4.69) is 44.8 Å². The van der Waals surface area contributed by atoms with Crippen molar-refractivity contribution < 1.29 is 4.79 Å². The molecule has 0 radical (unpaired) electrons. The zero-order valence-electron chi connectivity index (χ0n) is 12.0. The van der Waals surface area contributed by atoms with E-state index in [1.165, 1.54) is 6.42 Å². The summed E-state index contributed by atoms with van der Waals surface area (Å²) in [5, 5.41) is 3.37. The summed E-state index contributed by atoms with van der Waals surface area (Å²) in [6.07, 6.45) is 4.18. The van der Waals surface area contributed by atoms with Crippen LogP contribution in [0.15, 0.2) is 0 Å². The molecule has 0 aromatic heterocycles. The minimum absolute atomic E-state index is 0.0966. The molecule has 1 amide bonds. The number of carbonyl (C=O) groups excluding carboxylic acids is 1. The lowest BCUT2D eigenvalue weighted by molar-refractivity contribution is -0.137. The van der Waals surface area contributed by atoms with Crippen molar-refractivity contribution in [2.24, 2.45) is 0 Å². The Bertz CT molecular complexity index is 247. The number of piperidine rings is 1. The first-order chi connectivity index (χ1) is 7.81. The van der Waals surface area contributed by atoms with Crippen molar-refractivity contribution in [3.8, 4) is 0 Å². The molecule has 1 heterocycles. The Morgan fingerprint density at radius 3 is 2.24 bits per heavy atom. The van der Waals surface area contributed by atoms with Crippen LogP contribution in [0.5, 0.6) is 0 Å². The molecule has 0 aromatic carbocycles. The van der Waals surface area contributed by atoms with Gasteiger partial charge in [0.2, 0.25) is 5.91 Å². The number of nitrogens with one attached hydrogen (secondary N) is 1. The fourth-order valence-electron chi connectivity index (χ4n) is 2.59. The molecule has 3 heteroatoms. The fraction of sp³-hybridized carbons (Fsp3) is 0.929. The van der Waals surface area contributed by atoms with E-state index in [4.69, 9.17) is 0 Å². The maximum Gasteiger partial charge on any atom is 0.224 e. The van der Waals surface area contributed by atoms with E-state index in [-0.39, 0.29) is 5.54 Å². The number of rotatable bonds is 3. The zero-order valence-corrected chi connectivity index (χ0v) is 12.0. The summed E-state index contributed by atoms with van der Waals surface area (Å²) in [7, 11) is 0. The van der Waals surface area contributed by atoms with Gasteiger partial charge in [-0.1, -0.05) is 0 Å². The average molecular weight is 240 g/mol. The second-order valence-electron chi connectivity index (χ2n) is 6.36. The second kappa shape index (κ2) is 5.85. The van der Waals surface area contributed by atoms with E-state index in [9.17, 15) is 4.79 Å². The first-order valence-electron chi connectivity index (χ1n) is 6.87. The molecule has 2 atom stereocenters. The number of carbonyl (C=O) groups is 1. The van der Waals surface area contributed by atoms with Crippen LogP contribution in [0.25, 0.3) is 0 Å². The smallest absolute Gasteiger partial charge is 0.224 e. The molecule has 1 saturated heterocycles. The molecule has 3 nitrogen and oxygen atoms in total. The third-order valence-corrected chi connectivity index (χ3v) is 3.48. The molecule has 0 spiro atoms. The summed E-state index contributed by atoms with van der Waals surface area (Å²) in [5.41, 5.74) is 0.0966. The van der Waals surface area contributed by atoms with E-state index < -0.39 is 0 Å². The number of amides is 1. The molecule has 0 aliphatic carbocycles. The van der Waals surface area contributed by atoms with Gasteiger partial charge in [0, 0.05) is 30.6 Å². The zero-order chi connectivity index (χ0) is 13.1. The van der Waals surface area contributed by atoms with Crippen LogP contribution in [0.2, 0.25) is 0 Å². The monoisotopic (exact) mass is 240 g/mol. The van der Waals surface area contributed by atoms with Crippen LogP contribution in [0.4, 0.5) is 0 Å². The van der Waals surface area contributed by atoms with Crippen molar-refractivity contribution in [2.75, 3.05) is 6.54 Å². The molecule has 1 N–H and O–H groups in total. The van der Waals surface area contributed by atoms with Gasteiger partial charge in [-0.3, -0.25) is 4.79 Å². The molecular formula is C14H28N2O. The molecule has 0 bridgehead atoms. The normalized spacial score (nSPS) is 26.1. The SMILES string of the molecule is C[C@@H]1CCC[C@H](C)N1C(=O)CCNC(C)(C)C. The Morgan fingerprint density at radius 2 is 1.76 bits per heavy atom. The van der Waals surface area contributed by atoms with Crippen molar-refractivity contribution >= 4 is 5.91 Å². The topological polar surface area (TPSA) is 32.3 Å². The molecule has 1 aliphatic rings. The summed E-state index contributed by atoms with van der Waals surface area (Å²) >= 11 is 0. The molecule has 0 aromatic rings. The lowest BCUT2D eigenvalue weighted by atomic mass is 9.97. The van der Waals surface area contributed by atoms with Crippen molar-refractivity contribution in [2.45, 2.75) is 77.9 Å². The third-order valence-electron chi connectivity index (χ3n) is 3.48. The highest BCUT2D eigenvalue weighted by Gasteiger charge is 2.28. The van der Waals surface area contributed by atoms with Gasteiger partial charge in [-0.25, -0.2) is 0 Å². The van der Waals surface area contributed by atoms with Crippen LogP contribution in [-0.2, 0) is 4.79 Å².